The lowest BCUT2D eigenvalue weighted by atomic mass is 10.0. The number of nitrogens with zero attached hydrogens (tertiary/aromatic N) is 1. The summed E-state index contributed by atoms with van der Waals surface area (Å²) in [7, 11) is 0. The van der Waals surface area contributed by atoms with Crippen molar-refractivity contribution in [3.63, 3.8) is 0 Å². The summed E-state index contributed by atoms with van der Waals surface area (Å²) in [4.78, 5) is 24.1. The minimum absolute atomic E-state index is 0.152. The maximum atomic E-state index is 11.4. The minimum Gasteiger partial charge on any atom is -0.275 e. The lowest BCUT2D eigenvalue weighted by Crippen LogP contribution is -2.30. The molecule has 4 heteroatoms. The van der Waals surface area contributed by atoms with Crippen LogP contribution in [0.2, 0.25) is 0 Å². The van der Waals surface area contributed by atoms with Gasteiger partial charge in [-0.3, -0.25) is 14.5 Å². The van der Waals surface area contributed by atoms with E-state index in [2.05, 4.69) is 12.6 Å². The Labute approximate surface area is 147 Å². The molecule has 23 heavy (non-hydrogen) atoms. The molecule has 0 bridgehead atoms. The van der Waals surface area contributed by atoms with Crippen molar-refractivity contribution in [3.05, 3.63) is 12.2 Å². The van der Waals surface area contributed by atoms with Gasteiger partial charge in [-0.15, -0.1) is 0 Å². The lowest BCUT2D eigenvalue weighted by molar-refractivity contribution is -0.136. The van der Waals surface area contributed by atoms with Crippen LogP contribution in [0.1, 0.15) is 83.5 Å². The highest BCUT2D eigenvalue weighted by atomic mass is 32.1. The van der Waals surface area contributed by atoms with Crippen LogP contribution in [-0.4, -0.2) is 29.0 Å². The smallest absolute Gasteiger partial charge is 0.253 e. The van der Waals surface area contributed by atoms with Crippen LogP contribution < -0.4 is 0 Å². The van der Waals surface area contributed by atoms with Crippen LogP contribution in [0.5, 0.6) is 0 Å². The molecule has 0 radical (unpaired) electrons. The molecule has 1 heterocycles. The van der Waals surface area contributed by atoms with Crippen molar-refractivity contribution in [2.24, 2.45) is 0 Å². The Bertz CT molecular complexity index is 350. The number of hydrogen-bond acceptors (Lipinski definition) is 3. The first-order chi connectivity index (χ1) is 11.3. The molecule has 0 unspecified atom stereocenters. The molecule has 0 saturated carbocycles. The molecule has 0 aromatic carbocycles. The van der Waals surface area contributed by atoms with E-state index in [0.717, 1.165) is 18.6 Å². The number of thiol groups is 1. The molecule has 132 valence electrons. The van der Waals surface area contributed by atoms with Gasteiger partial charge in [-0.1, -0.05) is 70.6 Å². The summed E-state index contributed by atoms with van der Waals surface area (Å²) < 4.78 is 0. The Morgan fingerprint density at radius 3 is 1.35 bits per heavy atom. The third-order valence-corrected chi connectivity index (χ3v) is 4.76. The van der Waals surface area contributed by atoms with Gasteiger partial charge in [0, 0.05) is 18.7 Å². The fraction of sp³-hybridized carbons (Fsp3) is 0.789. The zero-order valence-corrected chi connectivity index (χ0v) is 15.4. The quantitative estimate of drug-likeness (QED) is 0.261. The molecule has 0 atom stereocenters. The molecule has 0 aromatic rings. The summed E-state index contributed by atoms with van der Waals surface area (Å²) in [5.74, 6) is 0.725. The van der Waals surface area contributed by atoms with Crippen molar-refractivity contribution in [2.75, 3.05) is 12.3 Å². The number of hydrogen-bond donors (Lipinski definition) is 1. The van der Waals surface area contributed by atoms with E-state index in [1.165, 1.54) is 87.7 Å². The van der Waals surface area contributed by atoms with Gasteiger partial charge in [0.25, 0.3) is 11.8 Å². The van der Waals surface area contributed by atoms with Crippen LogP contribution in [0.25, 0.3) is 0 Å². The van der Waals surface area contributed by atoms with Gasteiger partial charge in [0.05, 0.1) is 0 Å². The summed E-state index contributed by atoms with van der Waals surface area (Å²) in [6.07, 6.45) is 19.4. The number of carbonyl (C=O) groups excluding carboxylic acids is 2. The van der Waals surface area contributed by atoms with Crippen molar-refractivity contribution in [1.82, 2.24) is 4.90 Å². The largest absolute Gasteiger partial charge is 0.275 e. The van der Waals surface area contributed by atoms with Crippen LogP contribution in [0.15, 0.2) is 12.2 Å². The summed E-state index contributed by atoms with van der Waals surface area (Å²) >= 11 is 4.23. The molecule has 2 amide bonds. The van der Waals surface area contributed by atoms with Gasteiger partial charge in [-0.05, 0) is 18.6 Å². The first kappa shape index (κ1) is 20.3. The highest BCUT2D eigenvalue weighted by Crippen LogP contribution is 2.13. The second-order valence-corrected chi connectivity index (χ2v) is 6.93. The number of amides is 2. The van der Waals surface area contributed by atoms with E-state index >= 15 is 0 Å². The molecule has 3 nitrogen and oxygen atoms in total. The van der Waals surface area contributed by atoms with E-state index in [9.17, 15) is 9.59 Å². The van der Waals surface area contributed by atoms with Crippen LogP contribution in [-0.2, 0) is 9.59 Å². The zero-order valence-electron chi connectivity index (χ0n) is 14.5. The van der Waals surface area contributed by atoms with Gasteiger partial charge in [-0.25, -0.2) is 0 Å². The molecule has 0 aliphatic carbocycles. The number of imide groups is 1. The van der Waals surface area contributed by atoms with E-state index in [1.54, 1.807) is 0 Å². The first-order valence-corrected chi connectivity index (χ1v) is 10.0. The molecule has 0 spiro atoms. The number of unbranched alkanes of at least 4 members (excludes halogenated alkanes) is 12. The molecular weight excluding hydrogens is 306 g/mol. The van der Waals surface area contributed by atoms with E-state index in [-0.39, 0.29) is 11.8 Å². The van der Waals surface area contributed by atoms with Gasteiger partial charge < -0.3 is 0 Å². The monoisotopic (exact) mass is 339 g/mol. The van der Waals surface area contributed by atoms with Crippen molar-refractivity contribution in [3.8, 4) is 0 Å². The fourth-order valence-corrected chi connectivity index (χ4v) is 3.20. The Hall–Kier alpha value is -0.770. The van der Waals surface area contributed by atoms with Gasteiger partial charge in [0.1, 0.15) is 0 Å². The average molecular weight is 340 g/mol. The topological polar surface area (TPSA) is 37.4 Å². The molecule has 1 aliphatic heterocycles. The summed E-state index contributed by atoms with van der Waals surface area (Å²) in [6, 6.07) is 0. The Balaban J connectivity index is 1.77. The van der Waals surface area contributed by atoms with Gasteiger partial charge >= 0.3 is 0 Å². The standard InChI is InChI=1S/C19H33NO2S/c21-18-14-15-19(22)20(18)16-12-10-8-6-4-2-1-3-5-7-9-11-13-17-23/h14-15,23H,1-13,16-17H2. The fourth-order valence-electron chi connectivity index (χ4n) is 2.98. The maximum absolute atomic E-state index is 11.4. The van der Waals surface area contributed by atoms with E-state index in [4.69, 9.17) is 0 Å². The highest BCUT2D eigenvalue weighted by Gasteiger charge is 2.21. The van der Waals surface area contributed by atoms with Crippen LogP contribution >= 0.6 is 12.6 Å². The molecule has 1 rings (SSSR count). The van der Waals surface area contributed by atoms with E-state index in [1.807, 2.05) is 0 Å². The predicted octanol–water partition coefficient (Wildman–Crippen LogP) is 4.91. The molecule has 0 saturated heterocycles. The SMILES string of the molecule is O=C1C=CC(=O)N1CCCCCCCCCCCCCCCS. The summed E-state index contributed by atoms with van der Waals surface area (Å²) in [5.41, 5.74) is 0. The van der Waals surface area contributed by atoms with Crippen LogP contribution in [0.4, 0.5) is 0 Å². The second kappa shape index (κ2) is 13.6. The molecule has 0 aromatic heterocycles. The Morgan fingerprint density at radius 1 is 0.609 bits per heavy atom. The van der Waals surface area contributed by atoms with E-state index < -0.39 is 0 Å². The minimum atomic E-state index is -0.152. The van der Waals surface area contributed by atoms with Crippen molar-refractivity contribution < 1.29 is 9.59 Å². The zero-order chi connectivity index (χ0) is 16.8. The normalized spacial score (nSPS) is 14.2. The average Bonchev–Trinajstić information content (AvgIpc) is 2.86. The Kier molecular flexibility index (Phi) is 12.0. The summed E-state index contributed by atoms with van der Waals surface area (Å²) in [5, 5.41) is 0. The predicted molar refractivity (Wildman–Crippen MR) is 99.7 cm³/mol. The van der Waals surface area contributed by atoms with E-state index in [0.29, 0.717) is 6.54 Å². The molecule has 0 N–H and O–H groups in total. The van der Waals surface area contributed by atoms with Crippen LogP contribution in [0, 0.1) is 0 Å². The third kappa shape index (κ3) is 9.85. The summed E-state index contributed by atoms with van der Waals surface area (Å²) in [6.45, 7) is 0.581. The van der Waals surface area contributed by atoms with Crippen LogP contribution in [0.3, 0.4) is 0 Å². The Morgan fingerprint density at radius 2 is 0.957 bits per heavy atom. The van der Waals surface area contributed by atoms with Crippen molar-refractivity contribution in [1.29, 1.82) is 0 Å². The number of carbonyl (C=O) groups is 2. The van der Waals surface area contributed by atoms with Gasteiger partial charge in [-0.2, -0.15) is 12.6 Å². The van der Waals surface area contributed by atoms with Crippen molar-refractivity contribution >= 4 is 24.4 Å². The molecular formula is C19H33NO2S. The lowest BCUT2D eigenvalue weighted by Gasteiger charge is -2.12. The highest BCUT2D eigenvalue weighted by molar-refractivity contribution is 7.80. The van der Waals surface area contributed by atoms with Gasteiger partial charge in [0.15, 0.2) is 0 Å². The maximum Gasteiger partial charge on any atom is 0.253 e. The third-order valence-electron chi connectivity index (χ3n) is 4.44. The van der Waals surface area contributed by atoms with Gasteiger partial charge in [0.2, 0.25) is 0 Å². The molecule has 0 fully saturated rings. The first-order valence-electron chi connectivity index (χ1n) is 9.40. The second-order valence-electron chi connectivity index (χ2n) is 6.48. The molecule has 1 aliphatic rings. The number of rotatable bonds is 15. The van der Waals surface area contributed by atoms with Crippen molar-refractivity contribution in [2.45, 2.75) is 83.5 Å².